The van der Waals surface area contributed by atoms with Crippen molar-refractivity contribution in [1.29, 1.82) is 0 Å². The van der Waals surface area contributed by atoms with Gasteiger partial charge >= 0.3 is 5.97 Å². The van der Waals surface area contributed by atoms with Crippen molar-refractivity contribution in [3.8, 4) is 5.75 Å². The average Bonchev–Trinajstić information content (AvgIpc) is 2.77. The summed E-state index contributed by atoms with van der Waals surface area (Å²) in [5.41, 5.74) is 1.02. The first-order chi connectivity index (χ1) is 14.8. The number of piperidine rings is 2. The number of ether oxygens (including phenoxy) is 1. The highest BCUT2D eigenvalue weighted by atomic mass is 79.9. The van der Waals surface area contributed by atoms with Gasteiger partial charge in [-0.15, -0.1) is 0 Å². The fraction of sp³-hybridized carbons (Fsp3) is 0.652. The molecule has 0 radical (unpaired) electrons. The number of carbonyl (C=O) groups is 2. The summed E-state index contributed by atoms with van der Waals surface area (Å²) in [7, 11) is 1.45. The highest BCUT2D eigenvalue weighted by Crippen LogP contribution is 2.34. The summed E-state index contributed by atoms with van der Waals surface area (Å²) < 4.78 is 6.06. The molecule has 6 nitrogen and oxygen atoms in total. The predicted molar refractivity (Wildman–Crippen MR) is 127 cm³/mol. The summed E-state index contributed by atoms with van der Waals surface area (Å²) in [5, 5.41) is 9.88. The van der Waals surface area contributed by atoms with E-state index in [2.05, 4.69) is 36.8 Å². The molecule has 31 heavy (non-hydrogen) atoms. The minimum atomic E-state index is -0.105. The standard InChI is InChI=1S/C23H32Br2N2O4/c1-15(11-17-12-19(24)22(29)20(25)13-17)23(30)27-9-5-18(6-10-27)26-7-3-16(4-8-26)14-21(28)31-2/h12-13,15-16,18,29H,3-11,14H2,1-2H3/t15-/m1/s1. The van der Waals surface area contributed by atoms with Crippen molar-refractivity contribution in [2.45, 2.75) is 51.5 Å². The lowest BCUT2D eigenvalue weighted by Gasteiger charge is -2.42. The Bertz CT molecular complexity index is 765. The molecule has 2 aliphatic rings. The van der Waals surface area contributed by atoms with E-state index >= 15 is 0 Å². The molecule has 2 aliphatic heterocycles. The molecule has 1 amide bonds. The quantitative estimate of drug-likeness (QED) is 0.524. The van der Waals surface area contributed by atoms with Gasteiger partial charge in [-0.05, 0) is 101 Å². The van der Waals surface area contributed by atoms with Gasteiger partial charge in [0.2, 0.25) is 5.91 Å². The van der Waals surface area contributed by atoms with Crippen LogP contribution in [0.15, 0.2) is 21.1 Å². The first kappa shape index (κ1) is 24.5. The van der Waals surface area contributed by atoms with Crippen LogP contribution in [-0.2, 0) is 20.7 Å². The van der Waals surface area contributed by atoms with Gasteiger partial charge in [0.1, 0.15) is 5.75 Å². The van der Waals surface area contributed by atoms with Crippen molar-refractivity contribution in [2.75, 3.05) is 33.3 Å². The zero-order chi connectivity index (χ0) is 22.5. The van der Waals surface area contributed by atoms with Gasteiger partial charge in [0, 0.05) is 31.5 Å². The van der Waals surface area contributed by atoms with Gasteiger partial charge in [0.15, 0.2) is 0 Å². The van der Waals surface area contributed by atoms with Crippen molar-refractivity contribution in [1.82, 2.24) is 9.80 Å². The Morgan fingerprint density at radius 2 is 1.68 bits per heavy atom. The smallest absolute Gasteiger partial charge is 0.305 e. The minimum Gasteiger partial charge on any atom is -0.506 e. The molecule has 172 valence electrons. The summed E-state index contributed by atoms with van der Waals surface area (Å²) >= 11 is 6.72. The summed E-state index contributed by atoms with van der Waals surface area (Å²) in [5.74, 6) is 0.612. The molecule has 0 bridgehead atoms. The molecule has 0 saturated carbocycles. The van der Waals surface area contributed by atoms with Crippen LogP contribution in [0.4, 0.5) is 0 Å². The number of rotatable bonds is 6. The number of nitrogens with zero attached hydrogens (tertiary/aromatic N) is 2. The van der Waals surface area contributed by atoms with E-state index in [0.717, 1.165) is 57.4 Å². The fourth-order valence-corrected chi connectivity index (χ4v) is 6.06. The maximum atomic E-state index is 13.0. The molecule has 1 N–H and O–H groups in total. The first-order valence-electron chi connectivity index (χ1n) is 11.0. The second kappa shape index (κ2) is 11.1. The molecular formula is C23H32Br2N2O4. The molecule has 8 heteroatoms. The maximum absolute atomic E-state index is 13.0. The third-order valence-electron chi connectivity index (χ3n) is 6.66. The number of hydrogen-bond acceptors (Lipinski definition) is 5. The normalized spacial score (nSPS) is 19.9. The third kappa shape index (κ3) is 6.45. The van der Waals surface area contributed by atoms with Gasteiger partial charge < -0.3 is 19.6 Å². The number of phenols is 1. The Balaban J connectivity index is 1.45. The molecule has 2 saturated heterocycles. The summed E-state index contributed by atoms with van der Waals surface area (Å²) in [6, 6.07) is 4.28. The summed E-state index contributed by atoms with van der Waals surface area (Å²) in [6.07, 6.45) is 5.28. The number of methoxy groups -OCH3 is 1. The average molecular weight is 560 g/mol. The zero-order valence-electron chi connectivity index (χ0n) is 18.3. The number of esters is 1. The van der Waals surface area contributed by atoms with Crippen LogP contribution in [0.2, 0.25) is 0 Å². The van der Waals surface area contributed by atoms with E-state index in [0.29, 0.717) is 33.7 Å². The molecule has 3 rings (SSSR count). The number of likely N-dealkylation sites (tertiary alicyclic amines) is 2. The topological polar surface area (TPSA) is 70.1 Å². The van der Waals surface area contributed by atoms with E-state index in [1.54, 1.807) is 0 Å². The van der Waals surface area contributed by atoms with E-state index < -0.39 is 0 Å². The Labute approximate surface area is 201 Å². The number of aromatic hydroxyl groups is 1. The van der Waals surface area contributed by atoms with Gasteiger partial charge in [-0.25, -0.2) is 0 Å². The van der Waals surface area contributed by atoms with Gasteiger partial charge in [-0.3, -0.25) is 9.59 Å². The van der Waals surface area contributed by atoms with Crippen molar-refractivity contribution in [3.63, 3.8) is 0 Å². The van der Waals surface area contributed by atoms with Crippen LogP contribution in [0.3, 0.4) is 0 Å². The maximum Gasteiger partial charge on any atom is 0.305 e. The van der Waals surface area contributed by atoms with Crippen LogP contribution in [-0.4, -0.2) is 66.1 Å². The van der Waals surface area contributed by atoms with Crippen molar-refractivity contribution >= 4 is 43.7 Å². The summed E-state index contributed by atoms with van der Waals surface area (Å²) in [4.78, 5) is 29.0. The van der Waals surface area contributed by atoms with Crippen LogP contribution in [0.25, 0.3) is 0 Å². The Morgan fingerprint density at radius 1 is 1.10 bits per heavy atom. The minimum absolute atomic E-state index is 0.103. The molecule has 0 unspecified atom stereocenters. The zero-order valence-corrected chi connectivity index (χ0v) is 21.5. The number of amides is 1. The van der Waals surface area contributed by atoms with Crippen LogP contribution < -0.4 is 0 Å². The van der Waals surface area contributed by atoms with E-state index in [9.17, 15) is 14.7 Å². The van der Waals surface area contributed by atoms with Gasteiger partial charge in [-0.2, -0.15) is 0 Å². The van der Waals surface area contributed by atoms with Crippen molar-refractivity contribution in [3.05, 3.63) is 26.6 Å². The predicted octanol–water partition coefficient (Wildman–Crippen LogP) is 4.36. The van der Waals surface area contributed by atoms with Crippen LogP contribution in [0.1, 0.15) is 44.6 Å². The van der Waals surface area contributed by atoms with Gasteiger partial charge in [0.25, 0.3) is 0 Å². The molecule has 2 heterocycles. The second-order valence-corrected chi connectivity index (χ2v) is 10.5. The molecule has 1 atom stereocenters. The lowest BCUT2D eigenvalue weighted by molar-refractivity contribution is -0.142. The van der Waals surface area contributed by atoms with Crippen LogP contribution in [0.5, 0.6) is 5.75 Å². The molecule has 2 fully saturated rings. The Kier molecular flexibility index (Phi) is 8.82. The van der Waals surface area contributed by atoms with E-state index in [-0.39, 0.29) is 23.5 Å². The number of phenolic OH excluding ortho intramolecular Hbond substituents is 1. The highest BCUT2D eigenvalue weighted by molar-refractivity contribution is 9.11. The number of benzene rings is 1. The van der Waals surface area contributed by atoms with Crippen molar-refractivity contribution < 1.29 is 19.4 Å². The molecule has 1 aromatic rings. The largest absolute Gasteiger partial charge is 0.506 e. The molecule has 0 aliphatic carbocycles. The van der Waals surface area contributed by atoms with Crippen molar-refractivity contribution in [2.24, 2.45) is 11.8 Å². The molecule has 1 aromatic carbocycles. The SMILES string of the molecule is COC(=O)CC1CCN(C2CCN(C(=O)[C@H](C)Cc3cc(Br)c(O)c(Br)c3)CC2)CC1. The monoisotopic (exact) mass is 558 g/mol. The molecular weight excluding hydrogens is 528 g/mol. The lowest BCUT2D eigenvalue weighted by Crippen LogP contribution is -2.50. The summed E-state index contributed by atoms with van der Waals surface area (Å²) in [6.45, 7) is 5.65. The Morgan fingerprint density at radius 3 is 2.23 bits per heavy atom. The van der Waals surface area contributed by atoms with E-state index in [1.165, 1.54) is 7.11 Å². The number of carbonyl (C=O) groups excluding carboxylic acids is 2. The fourth-order valence-electron chi connectivity index (χ4n) is 4.78. The second-order valence-electron chi connectivity index (χ2n) is 8.83. The van der Waals surface area contributed by atoms with E-state index in [1.807, 2.05) is 24.0 Å². The van der Waals surface area contributed by atoms with Crippen LogP contribution >= 0.6 is 31.9 Å². The molecule has 0 spiro atoms. The highest BCUT2D eigenvalue weighted by Gasteiger charge is 2.31. The molecule has 0 aromatic heterocycles. The lowest BCUT2D eigenvalue weighted by atomic mass is 9.91. The van der Waals surface area contributed by atoms with Crippen LogP contribution in [0, 0.1) is 11.8 Å². The number of halogens is 2. The third-order valence-corrected chi connectivity index (χ3v) is 7.87. The Hall–Kier alpha value is -1.12. The van der Waals surface area contributed by atoms with Gasteiger partial charge in [-0.1, -0.05) is 6.92 Å². The van der Waals surface area contributed by atoms with E-state index in [4.69, 9.17) is 4.74 Å². The number of hydrogen-bond donors (Lipinski definition) is 1. The van der Waals surface area contributed by atoms with Gasteiger partial charge in [0.05, 0.1) is 16.1 Å². The first-order valence-corrected chi connectivity index (χ1v) is 12.6.